The van der Waals surface area contributed by atoms with Crippen LogP contribution in [0.2, 0.25) is 0 Å². The lowest BCUT2D eigenvalue weighted by atomic mass is 10.2. The number of anilines is 1. The van der Waals surface area contributed by atoms with Gasteiger partial charge in [-0.15, -0.1) is 0 Å². The summed E-state index contributed by atoms with van der Waals surface area (Å²) in [5.74, 6) is 0. The van der Waals surface area contributed by atoms with Crippen molar-refractivity contribution in [3.63, 3.8) is 0 Å². The summed E-state index contributed by atoms with van der Waals surface area (Å²) in [6.07, 6.45) is 0. The zero-order valence-corrected chi connectivity index (χ0v) is 8.93. The van der Waals surface area contributed by atoms with Crippen molar-refractivity contribution in [2.75, 3.05) is 18.6 Å². The number of sulfonamides is 1. The smallest absolute Gasteiger partial charge is 0.244 e. The number of hydrogen-bond donors (Lipinski definition) is 1. The first-order valence-corrected chi connectivity index (χ1v) is 5.80. The highest BCUT2D eigenvalue weighted by Crippen LogP contribution is 2.27. The molecule has 5 heteroatoms. The Morgan fingerprint density at radius 1 is 1.43 bits per heavy atom. The molecule has 1 aromatic rings. The molecule has 0 aliphatic carbocycles. The molecule has 0 radical (unpaired) electrons. The molecule has 0 saturated carbocycles. The van der Waals surface area contributed by atoms with Gasteiger partial charge in [-0.1, -0.05) is 6.07 Å². The minimum absolute atomic E-state index is 0.332. The number of fused-ring (bicyclic) bond motifs is 1. The molecule has 0 aromatic heterocycles. The number of rotatable bonds is 0. The standard InChI is InChI=1S/C9H12N2O2S/c1-7-3-4-9-8(5-7)11(2)6-10-14(9,12)13/h3-5,10H,6H2,1-2H3. The summed E-state index contributed by atoms with van der Waals surface area (Å²) in [5.41, 5.74) is 1.83. The van der Waals surface area contributed by atoms with E-state index in [1.165, 1.54) is 0 Å². The van der Waals surface area contributed by atoms with Crippen LogP contribution in [0.5, 0.6) is 0 Å². The van der Waals surface area contributed by atoms with Gasteiger partial charge in [0.2, 0.25) is 10.0 Å². The first-order chi connectivity index (χ1) is 6.50. The summed E-state index contributed by atoms with van der Waals surface area (Å²) >= 11 is 0. The lowest BCUT2D eigenvalue weighted by Crippen LogP contribution is -2.40. The normalized spacial score (nSPS) is 19.1. The first-order valence-electron chi connectivity index (χ1n) is 4.32. The molecule has 4 nitrogen and oxygen atoms in total. The van der Waals surface area contributed by atoms with Crippen LogP contribution in [0.15, 0.2) is 23.1 Å². The number of nitrogens with one attached hydrogen (secondary N) is 1. The second kappa shape index (κ2) is 2.96. The van der Waals surface area contributed by atoms with Crippen molar-refractivity contribution in [1.29, 1.82) is 0 Å². The predicted molar refractivity (Wildman–Crippen MR) is 54.8 cm³/mol. The molecule has 0 unspecified atom stereocenters. The van der Waals surface area contributed by atoms with Gasteiger partial charge >= 0.3 is 0 Å². The van der Waals surface area contributed by atoms with Crippen LogP contribution in [-0.2, 0) is 10.0 Å². The van der Waals surface area contributed by atoms with Gasteiger partial charge in [-0.2, -0.15) is 4.72 Å². The topological polar surface area (TPSA) is 49.4 Å². The van der Waals surface area contributed by atoms with Gasteiger partial charge in [-0.3, -0.25) is 0 Å². The van der Waals surface area contributed by atoms with E-state index < -0.39 is 10.0 Å². The maximum absolute atomic E-state index is 11.6. The summed E-state index contributed by atoms with van der Waals surface area (Å²) in [6.45, 7) is 2.28. The number of aryl methyl sites for hydroxylation is 1. The van der Waals surface area contributed by atoms with Gasteiger partial charge < -0.3 is 4.90 Å². The minimum atomic E-state index is -3.28. The SMILES string of the molecule is Cc1ccc2c(c1)N(C)CNS2(=O)=O. The van der Waals surface area contributed by atoms with Crippen LogP contribution in [-0.4, -0.2) is 22.1 Å². The van der Waals surface area contributed by atoms with E-state index in [-0.39, 0.29) is 0 Å². The van der Waals surface area contributed by atoms with Gasteiger partial charge in [0.25, 0.3) is 0 Å². The Balaban J connectivity index is 2.69. The molecule has 14 heavy (non-hydrogen) atoms. The van der Waals surface area contributed by atoms with E-state index in [9.17, 15) is 8.42 Å². The van der Waals surface area contributed by atoms with Crippen LogP contribution >= 0.6 is 0 Å². The Bertz CT molecular complexity index is 468. The summed E-state index contributed by atoms with van der Waals surface area (Å²) in [5, 5.41) is 0. The highest BCUT2D eigenvalue weighted by Gasteiger charge is 2.25. The minimum Gasteiger partial charge on any atom is -0.360 e. The molecule has 2 rings (SSSR count). The molecular weight excluding hydrogens is 200 g/mol. The van der Waals surface area contributed by atoms with Crippen LogP contribution in [0, 0.1) is 6.92 Å². The lowest BCUT2D eigenvalue weighted by Gasteiger charge is -2.28. The van der Waals surface area contributed by atoms with Crippen molar-refractivity contribution in [1.82, 2.24) is 4.72 Å². The third-order valence-corrected chi connectivity index (χ3v) is 3.74. The van der Waals surface area contributed by atoms with E-state index in [1.54, 1.807) is 12.1 Å². The van der Waals surface area contributed by atoms with E-state index in [1.807, 2.05) is 24.9 Å². The third-order valence-electron chi connectivity index (χ3n) is 2.31. The van der Waals surface area contributed by atoms with Crippen LogP contribution < -0.4 is 9.62 Å². The molecule has 1 heterocycles. The van der Waals surface area contributed by atoms with Crippen LogP contribution in [0.1, 0.15) is 5.56 Å². The number of hydrogen-bond acceptors (Lipinski definition) is 3. The van der Waals surface area contributed by atoms with Crippen molar-refractivity contribution < 1.29 is 8.42 Å². The average molecular weight is 212 g/mol. The Labute approximate surface area is 83.6 Å². The predicted octanol–water partition coefficient (Wildman–Crippen LogP) is 0.681. The van der Waals surface area contributed by atoms with Gasteiger partial charge in [0.1, 0.15) is 4.90 Å². The molecule has 1 N–H and O–H groups in total. The zero-order valence-electron chi connectivity index (χ0n) is 8.11. The van der Waals surface area contributed by atoms with Gasteiger partial charge in [0, 0.05) is 7.05 Å². The molecule has 1 aliphatic rings. The molecule has 1 aromatic carbocycles. The second-order valence-corrected chi connectivity index (χ2v) is 5.21. The number of benzene rings is 1. The fourth-order valence-corrected chi connectivity index (χ4v) is 2.75. The lowest BCUT2D eigenvalue weighted by molar-refractivity contribution is 0.575. The Morgan fingerprint density at radius 2 is 2.14 bits per heavy atom. The monoisotopic (exact) mass is 212 g/mol. The van der Waals surface area contributed by atoms with Crippen molar-refractivity contribution in [2.45, 2.75) is 11.8 Å². The van der Waals surface area contributed by atoms with E-state index in [0.717, 1.165) is 11.3 Å². The van der Waals surface area contributed by atoms with Crippen LogP contribution in [0.3, 0.4) is 0 Å². The third kappa shape index (κ3) is 1.38. The van der Waals surface area contributed by atoms with Crippen molar-refractivity contribution in [3.8, 4) is 0 Å². The molecule has 0 atom stereocenters. The maximum atomic E-state index is 11.6. The fourth-order valence-electron chi connectivity index (χ4n) is 1.50. The van der Waals surface area contributed by atoms with Crippen molar-refractivity contribution >= 4 is 15.7 Å². The Hall–Kier alpha value is -1.07. The zero-order chi connectivity index (χ0) is 10.3. The summed E-state index contributed by atoms with van der Waals surface area (Å²) in [7, 11) is -1.42. The molecule has 0 amide bonds. The van der Waals surface area contributed by atoms with Gasteiger partial charge in [-0.25, -0.2) is 8.42 Å². The van der Waals surface area contributed by atoms with Crippen LogP contribution in [0.25, 0.3) is 0 Å². The van der Waals surface area contributed by atoms with E-state index in [0.29, 0.717) is 11.6 Å². The highest BCUT2D eigenvalue weighted by molar-refractivity contribution is 7.89. The van der Waals surface area contributed by atoms with E-state index >= 15 is 0 Å². The Morgan fingerprint density at radius 3 is 2.86 bits per heavy atom. The Kier molecular flexibility index (Phi) is 2.01. The molecule has 0 saturated heterocycles. The van der Waals surface area contributed by atoms with Crippen LogP contribution in [0.4, 0.5) is 5.69 Å². The molecule has 76 valence electrons. The quantitative estimate of drug-likeness (QED) is 0.688. The van der Waals surface area contributed by atoms with E-state index in [2.05, 4.69) is 4.72 Å². The van der Waals surface area contributed by atoms with Gasteiger partial charge in [-0.05, 0) is 24.6 Å². The fraction of sp³-hybridized carbons (Fsp3) is 0.333. The molecule has 0 spiro atoms. The molecule has 0 fully saturated rings. The highest BCUT2D eigenvalue weighted by atomic mass is 32.2. The maximum Gasteiger partial charge on any atom is 0.244 e. The van der Waals surface area contributed by atoms with Crippen molar-refractivity contribution in [3.05, 3.63) is 23.8 Å². The first kappa shape index (κ1) is 9.48. The van der Waals surface area contributed by atoms with Crippen molar-refractivity contribution in [2.24, 2.45) is 0 Å². The number of nitrogens with zero attached hydrogens (tertiary/aromatic N) is 1. The molecular formula is C9H12N2O2S. The average Bonchev–Trinajstić information content (AvgIpc) is 2.12. The summed E-state index contributed by atoms with van der Waals surface area (Å²) in [6, 6.07) is 5.33. The van der Waals surface area contributed by atoms with E-state index in [4.69, 9.17) is 0 Å². The summed E-state index contributed by atoms with van der Waals surface area (Å²) < 4.78 is 25.7. The second-order valence-electron chi connectivity index (χ2n) is 3.48. The largest absolute Gasteiger partial charge is 0.360 e. The molecule has 1 aliphatic heterocycles. The summed E-state index contributed by atoms with van der Waals surface area (Å²) in [4.78, 5) is 2.24. The molecule has 0 bridgehead atoms. The van der Waals surface area contributed by atoms with Gasteiger partial charge in [0.15, 0.2) is 0 Å². The van der Waals surface area contributed by atoms with Gasteiger partial charge in [0.05, 0.1) is 12.4 Å².